The Kier molecular flexibility index (Phi) is 4.37. The first-order valence-electron chi connectivity index (χ1n) is 7.87. The predicted molar refractivity (Wildman–Crippen MR) is 100 cm³/mol. The smallest absolute Gasteiger partial charge is 0.326 e. The van der Waals surface area contributed by atoms with E-state index in [1.807, 2.05) is 0 Å². The number of nitrogens with zero attached hydrogens (tertiary/aromatic N) is 3. The van der Waals surface area contributed by atoms with E-state index in [9.17, 15) is 19.5 Å². The molecule has 2 aromatic rings. The van der Waals surface area contributed by atoms with Crippen molar-refractivity contribution < 1.29 is 19.5 Å². The molecule has 1 aromatic carbocycles. The molecule has 3 rings (SSSR count). The zero-order chi connectivity index (χ0) is 19.2. The highest BCUT2D eigenvalue weighted by Gasteiger charge is 2.35. The lowest BCUT2D eigenvalue weighted by Gasteiger charge is -2.31. The summed E-state index contributed by atoms with van der Waals surface area (Å²) in [6.45, 7) is 1.60. The minimum atomic E-state index is -0.922. The number of rotatable bonds is 3. The monoisotopic (exact) mass is 371 g/mol. The van der Waals surface area contributed by atoms with E-state index in [1.165, 1.54) is 30.0 Å². The maximum Gasteiger partial charge on any atom is 0.326 e. The zero-order valence-corrected chi connectivity index (χ0v) is 15.3. The molecule has 1 N–H and O–H groups in total. The lowest BCUT2D eigenvalue weighted by Crippen LogP contribution is -2.52. The molecule has 0 aliphatic carbocycles. The molecule has 26 heavy (non-hydrogen) atoms. The lowest BCUT2D eigenvalue weighted by atomic mass is 10.1. The third-order valence-corrected chi connectivity index (χ3v) is 5.02. The van der Waals surface area contributed by atoms with Gasteiger partial charge in [0.25, 0.3) is 11.8 Å². The van der Waals surface area contributed by atoms with Gasteiger partial charge >= 0.3 is 5.97 Å². The Morgan fingerprint density at radius 3 is 2.35 bits per heavy atom. The fraction of sp³-hybridized carbons (Fsp3) is 0.222. The Labute approximate surface area is 155 Å². The van der Waals surface area contributed by atoms with Crippen molar-refractivity contribution in [3.05, 3.63) is 41.6 Å². The number of likely N-dealkylation sites (N-methyl/N-ethyl adjacent to an activating group) is 2. The molecule has 8 heteroatoms. The van der Waals surface area contributed by atoms with E-state index in [1.54, 1.807) is 42.0 Å². The van der Waals surface area contributed by atoms with Gasteiger partial charge in [0.1, 0.15) is 11.6 Å². The number of carbonyl (C=O) groups excluding carboxylic acids is 2. The van der Waals surface area contributed by atoms with Crippen molar-refractivity contribution in [3.63, 3.8) is 0 Å². The second-order valence-electron chi connectivity index (χ2n) is 6.12. The molecular weight excluding hydrogens is 354 g/mol. The van der Waals surface area contributed by atoms with Crippen LogP contribution < -0.4 is 0 Å². The van der Waals surface area contributed by atoms with Gasteiger partial charge in [-0.15, -0.1) is 0 Å². The van der Waals surface area contributed by atoms with Gasteiger partial charge in [0.15, 0.2) is 5.11 Å². The number of aliphatic carboxylic acids is 1. The second kappa shape index (κ2) is 6.38. The minimum absolute atomic E-state index is 0.0290. The Bertz CT molecular complexity index is 965. The fourth-order valence-electron chi connectivity index (χ4n) is 2.87. The third kappa shape index (κ3) is 2.78. The number of carbonyl (C=O) groups is 3. The number of carboxylic acid groups (broad SMARTS) is 1. The molecule has 1 fully saturated rings. The average Bonchev–Trinajstić information content (AvgIpc) is 3.04. The van der Waals surface area contributed by atoms with Gasteiger partial charge < -0.3 is 9.67 Å². The molecule has 0 saturated carbocycles. The van der Waals surface area contributed by atoms with Crippen molar-refractivity contribution in [2.75, 3.05) is 14.1 Å². The number of aromatic nitrogens is 1. The van der Waals surface area contributed by atoms with Crippen LogP contribution in [0.4, 0.5) is 0 Å². The summed E-state index contributed by atoms with van der Waals surface area (Å²) in [6.07, 6.45) is 3.23. The third-order valence-electron chi connectivity index (χ3n) is 4.47. The van der Waals surface area contributed by atoms with Crippen LogP contribution in [0, 0.1) is 0 Å². The van der Waals surface area contributed by atoms with Crippen LogP contribution in [0.5, 0.6) is 0 Å². The van der Waals surface area contributed by atoms with Crippen molar-refractivity contribution in [2.45, 2.75) is 13.0 Å². The molecule has 7 nitrogen and oxygen atoms in total. The largest absolute Gasteiger partial charge is 0.480 e. The van der Waals surface area contributed by atoms with Crippen LogP contribution in [0.1, 0.15) is 18.5 Å². The SMILES string of the molecule is C[C@H](C(=O)O)n1ccc2cc(C=C3C(=O)N(C)C(=S)N(C)C3=O)ccc21. The van der Waals surface area contributed by atoms with Crippen molar-refractivity contribution >= 4 is 52.1 Å². The van der Waals surface area contributed by atoms with Crippen LogP contribution in [0.2, 0.25) is 0 Å². The molecule has 1 saturated heterocycles. The van der Waals surface area contributed by atoms with Crippen molar-refractivity contribution in [1.29, 1.82) is 0 Å². The summed E-state index contributed by atoms with van der Waals surface area (Å²) in [5, 5.41) is 10.2. The fourth-order valence-corrected chi connectivity index (χ4v) is 3.04. The maximum absolute atomic E-state index is 12.4. The Morgan fingerprint density at radius 1 is 1.15 bits per heavy atom. The maximum atomic E-state index is 12.4. The number of amides is 2. The highest BCUT2D eigenvalue weighted by molar-refractivity contribution is 7.80. The van der Waals surface area contributed by atoms with E-state index in [0.29, 0.717) is 5.56 Å². The molecule has 1 aliphatic heterocycles. The minimum Gasteiger partial charge on any atom is -0.480 e. The lowest BCUT2D eigenvalue weighted by molar-refractivity contribution is -0.140. The van der Waals surface area contributed by atoms with Crippen molar-refractivity contribution in [1.82, 2.24) is 14.4 Å². The highest BCUT2D eigenvalue weighted by Crippen LogP contribution is 2.24. The molecular formula is C18H17N3O4S. The standard InChI is InChI=1S/C18H17N3O4S/c1-10(17(24)25)21-7-6-12-8-11(4-5-14(12)21)9-13-15(22)19(2)18(26)20(3)16(13)23/h4-10H,1-3H3,(H,24,25)/t10-/m1/s1. The van der Waals surface area contributed by atoms with Gasteiger partial charge in [-0.25, -0.2) is 4.79 Å². The number of fused-ring (bicyclic) bond motifs is 1. The topological polar surface area (TPSA) is 82.8 Å². The molecule has 134 valence electrons. The zero-order valence-electron chi connectivity index (χ0n) is 14.5. The average molecular weight is 371 g/mol. The number of benzene rings is 1. The van der Waals surface area contributed by atoms with Crippen LogP contribution in [0.25, 0.3) is 17.0 Å². The quantitative estimate of drug-likeness (QED) is 0.506. The normalized spacial score (nSPS) is 16.4. The predicted octanol–water partition coefficient (Wildman–Crippen LogP) is 1.89. The van der Waals surface area contributed by atoms with Gasteiger partial charge in [0.05, 0.1) is 0 Å². The first-order chi connectivity index (χ1) is 12.2. The van der Waals surface area contributed by atoms with Gasteiger partial charge in [-0.05, 0) is 49.0 Å². The highest BCUT2D eigenvalue weighted by atomic mass is 32.1. The summed E-state index contributed by atoms with van der Waals surface area (Å²) in [5.41, 5.74) is 1.46. The molecule has 2 heterocycles. The Morgan fingerprint density at radius 2 is 1.77 bits per heavy atom. The van der Waals surface area contributed by atoms with E-state index in [0.717, 1.165) is 10.9 Å². The Hall–Kier alpha value is -3.00. The van der Waals surface area contributed by atoms with E-state index >= 15 is 0 Å². The van der Waals surface area contributed by atoms with Gasteiger partial charge in [0, 0.05) is 31.2 Å². The summed E-state index contributed by atoms with van der Waals surface area (Å²) in [5.74, 6) is -1.82. The van der Waals surface area contributed by atoms with Crippen LogP contribution >= 0.6 is 12.2 Å². The van der Waals surface area contributed by atoms with Gasteiger partial charge in [-0.1, -0.05) is 6.07 Å². The first-order valence-corrected chi connectivity index (χ1v) is 8.28. The van der Waals surface area contributed by atoms with Crippen molar-refractivity contribution in [2.24, 2.45) is 0 Å². The van der Waals surface area contributed by atoms with Crippen LogP contribution in [-0.4, -0.2) is 56.5 Å². The number of hydrogen-bond acceptors (Lipinski definition) is 4. The van der Waals surface area contributed by atoms with Gasteiger partial charge in [-0.2, -0.15) is 0 Å². The molecule has 1 aliphatic rings. The van der Waals surface area contributed by atoms with Crippen LogP contribution in [0.3, 0.4) is 0 Å². The number of carboxylic acids is 1. The summed E-state index contributed by atoms with van der Waals surface area (Å²) in [4.78, 5) is 38.5. The molecule has 0 bridgehead atoms. The summed E-state index contributed by atoms with van der Waals surface area (Å²) in [7, 11) is 3.05. The van der Waals surface area contributed by atoms with Crippen LogP contribution in [-0.2, 0) is 14.4 Å². The number of thiocarbonyl (C=S) groups is 1. The van der Waals surface area contributed by atoms with E-state index in [-0.39, 0.29) is 10.7 Å². The second-order valence-corrected chi connectivity index (χ2v) is 6.49. The summed E-state index contributed by atoms with van der Waals surface area (Å²) >= 11 is 5.07. The molecule has 0 unspecified atom stereocenters. The molecule has 1 aromatic heterocycles. The van der Waals surface area contributed by atoms with Crippen LogP contribution in [0.15, 0.2) is 36.0 Å². The molecule has 0 spiro atoms. The first kappa shape index (κ1) is 17.8. The van der Waals surface area contributed by atoms with Gasteiger partial charge in [-0.3, -0.25) is 19.4 Å². The summed E-state index contributed by atoms with van der Waals surface area (Å²) in [6, 6.07) is 6.43. The molecule has 2 amide bonds. The van der Waals surface area contributed by atoms with Gasteiger partial charge in [0.2, 0.25) is 0 Å². The van der Waals surface area contributed by atoms with E-state index in [4.69, 9.17) is 12.2 Å². The number of hydrogen-bond donors (Lipinski definition) is 1. The van der Waals surface area contributed by atoms with Crippen molar-refractivity contribution in [3.8, 4) is 0 Å². The molecule has 0 radical (unpaired) electrons. The van der Waals surface area contributed by atoms with E-state index < -0.39 is 23.8 Å². The molecule has 1 atom stereocenters. The Balaban J connectivity index is 2.02. The summed E-state index contributed by atoms with van der Waals surface area (Å²) < 4.78 is 1.66. The van der Waals surface area contributed by atoms with E-state index in [2.05, 4.69) is 0 Å².